The Morgan fingerprint density at radius 2 is 1.40 bits per heavy atom. The Hall–Kier alpha value is -3.98. The third-order valence-corrected chi connectivity index (χ3v) is 4.87. The van der Waals surface area contributed by atoms with Crippen LogP contribution in [0.25, 0.3) is 16.8 Å². The molecule has 0 aromatic heterocycles. The van der Waals surface area contributed by atoms with Crippen LogP contribution in [0, 0.1) is 6.92 Å². The maximum Gasteiger partial charge on any atom is 0.343 e. The fourth-order valence-electron chi connectivity index (χ4n) is 3.20. The smallest absolute Gasteiger partial charge is 0.343 e. The molecule has 4 aromatic carbocycles. The number of esters is 1. The fraction of sp³-hybridized carbons (Fsp3) is 0.0370. The van der Waals surface area contributed by atoms with Gasteiger partial charge in [-0.1, -0.05) is 66.2 Å². The van der Waals surface area contributed by atoms with Gasteiger partial charge in [0.1, 0.15) is 5.75 Å². The Kier molecular flexibility index (Phi) is 5.53. The molecule has 3 heteroatoms. The lowest BCUT2D eigenvalue weighted by Crippen LogP contribution is -2.08. The summed E-state index contributed by atoms with van der Waals surface area (Å²) in [5, 5.41) is 2.23. The Labute approximate surface area is 175 Å². The minimum Gasteiger partial charge on any atom is -0.423 e. The van der Waals surface area contributed by atoms with Crippen molar-refractivity contribution in [2.75, 3.05) is 0 Å². The molecule has 3 nitrogen and oxygen atoms in total. The summed E-state index contributed by atoms with van der Waals surface area (Å²) in [6.45, 7) is 1.96. The molecule has 146 valence electrons. The molecule has 0 unspecified atom stereocenters. The van der Waals surface area contributed by atoms with E-state index in [4.69, 9.17) is 4.74 Å². The average molecular weight is 392 g/mol. The highest BCUT2D eigenvalue weighted by atomic mass is 16.5. The van der Waals surface area contributed by atoms with Crippen molar-refractivity contribution in [3.8, 4) is 5.75 Å². The Bertz CT molecular complexity index is 1230. The summed E-state index contributed by atoms with van der Waals surface area (Å²) < 4.78 is 5.38. The molecular weight excluding hydrogens is 372 g/mol. The first-order chi connectivity index (χ1) is 14.6. The van der Waals surface area contributed by atoms with E-state index >= 15 is 0 Å². The number of hydrogen-bond donors (Lipinski definition) is 0. The second-order valence-corrected chi connectivity index (χ2v) is 7.05. The molecule has 0 amide bonds. The summed E-state index contributed by atoms with van der Waals surface area (Å²) in [4.78, 5) is 24.8. The zero-order valence-electron chi connectivity index (χ0n) is 16.5. The van der Waals surface area contributed by atoms with Gasteiger partial charge in [0, 0.05) is 5.56 Å². The lowest BCUT2D eigenvalue weighted by Gasteiger charge is -2.05. The first kappa shape index (κ1) is 19.3. The predicted molar refractivity (Wildman–Crippen MR) is 120 cm³/mol. The normalized spacial score (nSPS) is 11.0. The number of rotatable bonds is 5. The van der Waals surface area contributed by atoms with Crippen molar-refractivity contribution in [1.82, 2.24) is 0 Å². The molecule has 0 aliphatic heterocycles. The van der Waals surface area contributed by atoms with Crippen LogP contribution in [-0.4, -0.2) is 11.8 Å². The van der Waals surface area contributed by atoms with Gasteiger partial charge in [-0.3, -0.25) is 4.79 Å². The minimum absolute atomic E-state index is 0.112. The molecule has 4 rings (SSSR count). The van der Waals surface area contributed by atoms with E-state index < -0.39 is 5.97 Å². The number of fused-ring (bicyclic) bond motifs is 1. The van der Waals surface area contributed by atoms with Crippen LogP contribution < -0.4 is 4.74 Å². The van der Waals surface area contributed by atoms with Gasteiger partial charge in [-0.05, 0) is 65.7 Å². The molecule has 0 aliphatic rings. The second-order valence-electron chi connectivity index (χ2n) is 7.05. The number of allylic oxidation sites excluding steroid dienone is 1. The standard InChI is InChI=1S/C27H20O3/c1-19-9-11-23(12-10-19)27(29)30-24-16-13-22(14-17-24)26(28)18-15-21-7-4-6-20-5-2-3-8-25(20)21/h2-18H,1H3/b18-15-. The van der Waals surface area contributed by atoms with Crippen LogP contribution in [-0.2, 0) is 0 Å². The predicted octanol–water partition coefficient (Wildman–Crippen LogP) is 6.26. The molecule has 0 radical (unpaired) electrons. The number of carbonyl (C=O) groups excluding carboxylic acids is 2. The maximum absolute atomic E-state index is 12.5. The molecule has 0 aliphatic carbocycles. The third-order valence-electron chi connectivity index (χ3n) is 4.87. The van der Waals surface area contributed by atoms with Crippen LogP contribution in [0.2, 0.25) is 0 Å². The first-order valence-corrected chi connectivity index (χ1v) is 9.69. The van der Waals surface area contributed by atoms with Crippen LogP contribution in [0.1, 0.15) is 31.8 Å². The Morgan fingerprint density at radius 3 is 2.17 bits per heavy atom. The van der Waals surface area contributed by atoms with E-state index in [1.54, 1.807) is 42.5 Å². The van der Waals surface area contributed by atoms with Crippen molar-refractivity contribution in [1.29, 1.82) is 0 Å². The maximum atomic E-state index is 12.5. The van der Waals surface area contributed by atoms with Gasteiger partial charge in [0.15, 0.2) is 5.78 Å². The van der Waals surface area contributed by atoms with Crippen molar-refractivity contribution in [2.45, 2.75) is 6.92 Å². The van der Waals surface area contributed by atoms with Gasteiger partial charge >= 0.3 is 5.97 Å². The molecule has 0 saturated carbocycles. The number of aryl methyl sites for hydroxylation is 1. The number of carbonyl (C=O) groups is 2. The first-order valence-electron chi connectivity index (χ1n) is 9.69. The van der Waals surface area contributed by atoms with Gasteiger partial charge in [0.2, 0.25) is 0 Å². The third kappa shape index (κ3) is 4.36. The van der Waals surface area contributed by atoms with Gasteiger partial charge in [-0.2, -0.15) is 0 Å². The van der Waals surface area contributed by atoms with Gasteiger partial charge in [-0.25, -0.2) is 4.79 Å². The van der Waals surface area contributed by atoms with Crippen molar-refractivity contribution in [2.24, 2.45) is 0 Å². The van der Waals surface area contributed by atoms with Crippen molar-refractivity contribution < 1.29 is 14.3 Å². The zero-order chi connectivity index (χ0) is 20.9. The van der Waals surface area contributed by atoms with Gasteiger partial charge in [0.25, 0.3) is 0 Å². The quantitative estimate of drug-likeness (QED) is 0.174. The summed E-state index contributed by atoms with van der Waals surface area (Å²) in [5.74, 6) is -0.139. The van der Waals surface area contributed by atoms with Crippen LogP contribution in [0.5, 0.6) is 5.75 Å². The van der Waals surface area contributed by atoms with Crippen LogP contribution in [0.4, 0.5) is 0 Å². The van der Waals surface area contributed by atoms with Crippen LogP contribution >= 0.6 is 0 Å². The van der Waals surface area contributed by atoms with Gasteiger partial charge in [0.05, 0.1) is 5.56 Å². The summed E-state index contributed by atoms with van der Waals surface area (Å²) in [5.41, 5.74) is 3.08. The zero-order valence-corrected chi connectivity index (χ0v) is 16.5. The molecule has 30 heavy (non-hydrogen) atoms. The molecule has 4 aromatic rings. The molecule has 0 saturated heterocycles. The van der Waals surface area contributed by atoms with Crippen LogP contribution in [0.15, 0.2) is 97.1 Å². The summed E-state index contributed by atoms with van der Waals surface area (Å²) in [6.07, 6.45) is 3.39. The highest BCUT2D eigenvalue weighted by Gasteiger charge is 2.09. The van der Waals surface area contributed by atoms with E-state index in [1.807, 2.05) is 67.6 Å². The van der Waals surface area contributed by atoms with E-state index in [2.05, 4.69) is 0 Å². The Morgan fingerprint density at radius 1 is 0.733 bits per heavy atom. The topological polar surface area (TPSA) is 43.4 Å². The van der Waals surface area contributed by atoms with Crippen molar-refractivity contribution in [3.05, 3.63) is 119 Å². The van der Waals surface area contributed by atoms with Crippen molar-refractivity contribution in [3.63, 3.8) is 0 Å². The van der Waals surface area contributed by atoms with Crippen LogP contribution in [0.3, 0.4) is 0 Å². The largest absolute Gasteiger partial charge is 0.423 e. The van der Waals surface area contributed by atoms with Crippen molar-refractivity contribution >= 4 is 28.6 Å². The highest BCUT2D eigenvalue weighted by molar-refractivity contribution is 6.08. The van der Waals surface area contributed by atoms with Gasteiger partial charge in [-0.15, -0.1) is 0 Å². The monoisotopic (exact) mass is 392 g/mol. The minimum atomic E-state index is -0.426. The molecule has 0 atom stereocenters. The number of ether oxygens (including phenoxy) is 1. The van der Waals surface area contributed by atoms with E-state index in [9.17, 15) is 9.59 Å². The van der Waals surface area contributed by atoms with Gasteiger partial charge < -0.3 is 4.74 Å². The highest BCUT2D eigenvalue weighted by Crippen LogP contribution is 2.20. The fourth-order valence-corrected chi connectivity index (χ4v) is 3.20. The van der Waals surface area contributed by atoms with E-state index in [1.165, 1.54) is 0 Å². The molecule has 0 spiro atoms. The second kappa shape index (κ2) is 8.58. The average Bonchev–Trinajstić information content (AvgIpc) is 2.78. The Balaban J connectivity index is 1.45. The lowest BCUT2D eigenvalue weighted by atomic mass is 10.0. The summed E-state index contributed by atoms with van der Waals surface area (Å²) in [6, 6.07) is 27.8. The van der Waals surface area contributed by atoms with E-state index in [0.29, 0.717) is 16.9 Å². The van der Waals surface area contributed by atoms with E-state index in [-0.39, 0.29) is 5.78 Å². The number of ketones is 1. The summed E-state index contributed by atoms with van der Waals surface area (Å²) in [7, 11) is 0. The number of hydrogen-bond acceptors (Lipinski definition) is 3. The van der Waals surface area contributed by atoms with E-state index in [0.717, 1.165) is 21.9 Å². The molecule has 0 bridgehead atoms. The summed E-state index contributed by atoms with van der Waals surface area (Å²) >= 11 is 0. The number of benzene rings is 4. The molecular formula is C27H20O3. The molecule has 0 N–H and O–H groups in total. The SMILES string of the molecule is Cc1ccc(C(=O)Oc2ccc(C(=O)/C=C\c3cccc4ccccc34)cc2)cc1. The molecule has 0 fully saturated rings. The lowest BCUT2D eigenvalue weighted by molar-refractivity contribution is 0.0734. The molecule has 0 heterocycles.